The maximum atomic E-state index is 5.88. The first-order valence-electron chi connectivity index (χ1n) is 6.07. The van der Waals surface area contributed by atoms with Crippen molar-refractivity contribution < 1.29 is 9.57 Å². The summed E-state index contributed by atoms with van der Waals surface area (Å²) >= 11 is 0. The zero-order chi connectivity index (χ0) is 12.3. The van der Waals surface area contributed by atoms with Gasteiger partial charge in [0.1, 0.15) is 6.10 Å². The van der Waals surface area contributed by atoms with E-state index in [9.17, 15) is 0 Å². The highest BCUT2D eigenvalue weighted by atomic mass is 16.7. The Labute approximate surface area is 102 Å². The van der Waals surface area contributed by atoms with Crippen molar-refractivity contribution in [2.24, 2.45) is 5.16 Å². The van der Waals surface area contributed by atoms with Crippen LogP contribution in [0.5, 0.6) is 0 Å². The first-order valence-corrected chi connectivity index (χ1v) is 6.07. The van der Waals surface area contributed by atoms with Crippen molar-refractivity contribution in [2.75, 3.05) is 0 Å². The number of rotatable bonds is 3. The van der Waals surface area contributed by atoms with E-state index in [2.05, 4.69) is 24.2 Å². The van der Waals surface area contributed by atoms with Crippen LogP contribution in [0.3, 0.4) is 0 Å². The van der Waals surface area contributed by atoms with Crippen molar-refractivity contribution in [3.8, 4) is 0 Å². The number of ether oxygens (including phenoxy) is 1. The Morgan fingerprint density at radius 3 is 2.59 bits per heavy atom. The highest BCUT2D eigenvalue weighted by Crippen LogP contribution is 2.26. The van der Waals surface area contributed by atoms with Crippen LogP contribution >= 0.6 is 0 Å². The van der Waals surface area contributed by atoms with E-state index in [1.807, 2.05) is 32.0 Å². The Morgan fingerprint density at radius 1 is 1.24 bits per heavy atom. The van der Waals surface area contributed by atoms with Gasteiger partial charge in [0.05, 0.1) is 6.42 Å². The largest absolute Gasteiger partial charge is 0.471 e. The highest BCUT2D eigenvalue weighted by molar-refractivity contribution is 5.78. The summed E-state index contributed by atoms with van der Waals surface area (Å²) in [5, 5.41) is 4.07. The summed E-state index contributed by atoms with van der Waals surface area (Å²) in [4.78, 5) is 5.52. The van der Waals surface area contributed by atoms with Crippen LogP contribution in [0.1, 0.15) is 32.8 Å². The lowest BCUT2D eigenvalue weighted by Gasteiger charge is -2.35. The summed E-state index contributed by atoms with van der Waals surface area (Å²) < 4.78 is 5.88. The van der Waals surface area contributed by atoms with Crippen LogP contribution in [0, 0.1) is 0 Å². The fourth-order valence-electron chi connectivity index (χ4n) is 1.97. The van der Waals surface area contributed by atoms with Gasteiger partial charge in [-0.05, 0) is 25.8 Å². The Kier molecular flexibility index (Phi) is 3.36. The van der Waals surface area contributed by atoms with Gasteiger partial charge in [-0.2, -0.15) is 0 Å². The van der Waals surface area contributed by atoms with Crippen LogP contribution in [0.15, 0.2) is 35.5 Å². The zero-order valence-electron chi connectivity index (χ0n) is 10.6. The molecule has 3 heteroatoms. The minimum Gasteiger partial charge on any atom is -0.471 e. The molecular weight excluding hydrogens is 214 g/mol. The van der Waals surface area contributed by atoms with Crippen molar-refractivity contribution >= 4 is 5.90 Å². The molecule has 3 nitrogen and oxygen atoms in total. The quantitative estimate of drug-likeness (QED) is 0.803. The van der Waals surface area contributed by atoms with E-state index >= 15 is 0 Å². The lowest BCUT2D eigenvalue weighted by atomic mass is 9.99. The average Bonchev–Trinajstić information content (AvgIpc) is 2.33. The van der Waals surface area contributed by atoms with E-state index in [0.29, 0.717) is 12.3 Å². The molecule has 17 heavy (non-hydrogen) atoms. The van der Waals surface area contributed by atoms with Crippen LogP contribution in [0.2, 0.25) is 0 Å². The molecule has 0 amide bonds. The lowest BCUT2D eigenvalue weighted by Crippen LogP contribution is -2.44. The third-order valence-corrected chi connectivity index (χ3v) is 3.01. The Bertz CT molecular complexity index is 398. The van der Waals surface area contributed by atoms with E-state index in [4.69, 9.17) is 9.57 Å². The van der Waals surface area contributed by atoms with E-state index in [-0.39, 0.29) is 11.7 Å². The second-order valence-electron chi connectivity index (χ2n) is 4.86. The summed E-state index contributed by atoms with van der Waals surface area (Å²) in [5.41, 5.74) is 0.846. The van der Waals surface area contributed by atoms with E-state index < -0.39 is 0 Å². The van der Waals surface area contributed by atoms with E-state index in [0.717, 1.165) is 6.42 Å². The van der Waals surface area contributed by atoms with Crippen LogP contribution in [-0.2, 0) is 16.0 Å². The lowest BCUT2D eigenvalue weighted by molar-refractivity contribution is -0.122. The third-order valence-electron chi connectivity index (χ3n) is 3.01. The van der Waals surface area contributed by atoms with Crippen LogP contribution in [-0.4, -0.2) is 17.6 Å². The molecule has 1 aromatic carbocycles. The maximum absolute atomic E-state index is 5.88. The fraction of sp³-hybridized carbons (Fsp3) is 0.500. The second kappa shape index (κ2) is 4.78. The monoisotopic (exact) mass is 233 g/mol. The standard InChI is InChI=1S/C14H19NO2/c1-4-12-14(2,3)17-15-13(16-12)10-11-8-6-5-7-9-11/h5-9,12H,4,10H2,1-3H3. The molecule has 0 radical (unpaired) electrons. The molecule has 92 valence electrons. The summed E-state index contributed by atoms with van der Waals surface area (Å²) in [6, 6.07) is 10.2. The van der Waals surface area contributed by atoms with Gasteiger partial charge in [0.15, 0.2) is 5.60 Å². The van der Waals surface area contributed by atoms with Crippen molar-refractivity contribution in [3.05, 3.63) is 35.9 Å². The van der Waals surface area contributed by atoms with Crippen molar-refractivity contribution in [1.82, 2.24) is 0 Å². The molecule has 1 heterocycles. The van der Waals surface area contributed by atoms with Gasteiger partial charge in [0, 0.05) is 0 Å². The topological polar surface area (TPSA) is 30.8 Å². The summed E-state index contributed by atoms with van der Waals surface area (Å²) in [5.74, 6) is 0.669. The van der Waals surface area contributed by atoms with E-state index in [1.165, 1.54) is 5.56 Å². The van der Waals surface area contributed by atoms with Gasteiger partial charge in [-0.15, -0.1) is 0 Å². The van der Waals surface area contributed by atoms with Gasteiger partial charge in [-0.1, -0.05) is 42.4 Å². The molecule has 0 bridgehead atoms. The van der Waals surface area contributed by atoms with Crippen LogP contribution in [0.4, 0.5) is 0 Å². The van der Waals surface area contributed by atoms with Crippen molar-refractivity contribution in [3.63, 3.8) is 0 Å². The number of nitrogens with zero attached hydrogens (tertiary/aromatic N) is 1. The minimum absolute atomic E-state index is 0.0683. The van der Waals surface area contributed by atoms with Crippen molar-refractivity contribution in [1.29, 1.82) is 0 Å². The average molecular weight is 233 g/mol. The normalized spacial score (nSPS) is 22.3. The first kappa shape index (κ1) is 12.0. The molecule has 1 unspecified atom stereocenters. The highest BCUT2D eigenvalue weighted by Gasteiger charge is 2.36. The molecule has 1 aliphatic heterocycles. The number of hydrogen-bond acceptors (Lipinski definition) is 3. The Morgan fingerprint density at radius 2 is 1.94 bits per heavy atom. The summed E-state index contributed by atoms with van der Waals surface area (Å²) in [7, 11) is 0. The minimum atomic E-state index is -0.338. The third kappa shape index (κ3) is 2.78. The van der Waals surface area contributed by atoms with Gasteiger partial charge < -0.3 is 9.57 Å². The molecule has 0 saturated heterocycles. The molecule has 0 aliphatic carbocycles. The van der Waals surface area contributed by atoms with Crippen LogP contribution < -0.4 is 0 Å². The molecule has 0 fully saturated rings. The molecule has 2 rings (SSSR count). The smallest absolute Gasteiger partial charge is 0.230 e. The second-order valence-corrected chi connectivity index (χ2v) is 4.86. The molecule has 0 spiro atoms. The zero-order valence-corrected chi connectivity index (χ0v) is 10.6. The van der Waals surface area contributed by atoms with Crippen LogP contribution in [0.25, 0.3) is 0 Å². The van der Waals surface area contributed by atoms with Gasteiger partial charge >= 0.3 is 0 Å². The molecule has 1 aromatic rings. The first-order chi connectivity index (χ1) is 8.12. The number of oxime groups is 1. The predicted octanol–water partition coefficient (Wildman–Crippen LogP) is 3.15. The molecule has 0 aromatic heterocycles. The number of benzene rings is 1. The number of hydrogen-bond donors (Lipinski definition) is 0. The summed E-state index contributed by atoms with van der Waals surface area (Å²) in [6.45, 7) is 6.11. The molecular formula is C14H19NO2. The molecule has 0 N–H and O–H groups in total. The fourth-order valence-corrected chi connectivity index (χ4v) is 1.97. The maximum Gasteiger partial charge on any atom is 0.230 e. The predicted molar refractivity (Wildman–Crippen MR) is 67.9 cm³/mol. The Balaban J connectivity index is 2.07. The Hall–Kier alpha value is -1.51. The van der Waals surface area contributed by atoms with Gasteiger partial charge in [-0.3, -0.25) is 0 Å². The van der Waals surface area contributed by atoms with Crippen molar-refractivity contribution in [2.45, 2.75) is 45.3 Å². The molecule has 1 aliphatic rings. The van der Waals surface area contributed by atoms with E-state index in [1.54, 1.807) is 0 Å². The van der Waals surface area contributed by atoms with Gasteiger partial charge in [0.25, 0.3) is 0 Å². The SMILES string of the molecule is CCC1OC(Cc2ccccc2)=NOC1(C)C. The van der Waals surface area contributed by atoms with Gasteiger partial charge in [0.2, 0.25) is 5.90 Å². The molecule has 1 atom stereocenters. The van der Waals surface area contributed by atoms with Gasteiger partial charge in [-0.25, -0.2) is 0 Å². The summed E-state index contributed by atoms with van der Waals surface area (Å²) in [6.07, 6.45) is 1.67. The molecule has 0 saturated carbocycles.